The lowest BCUT2D eigenvalue weighted by Crippen LogP contribution is -2.43. The summed E-state index contributed by atoms with van der Waals surface area (Å²) < 4.78 is 6.25. The van der Waals surface area contributed by atoms with Crippen molar-refractivity contribution in [3.05, 3.63) is 34.3 Å². The summed E-state index contributed by atoms with van der Waals surface area (Å²) in [4.78, 5) is 12.0. The van der Waals surface area contributed by atoms with Crippen LogP contribution in [0.2, 0.25) is 0 Å². The first-order chi connectivity index (χ1) is 9.15. The monoisotopic (exact) mass is 327 g/mol. The maximum absolute atomic E-state index is 12.0. The summed E-state index contributed by atoms with van der Waals surface area (Å²) in [5.74, 6) is -0.105. The van der Waals surface area contributed by atoms with Crippen LogP contribution in [-0.2, 0) is 4.74 Å². The lowest BCUT2D eigenvalue weighted by Gasteiger charge is -2.35. The fourth-order valence-electron chi connectivity index (χ4n) is 2.17. The van der Waals surface area contributed by atoms with Crippen LogP contribution in [0.1, 0.15) is 23.2 Å². The number of carbonyl (C=O) groups is 1. The fraction of sp³-hybridized carbons (Fsp3) is 0.500. The molecular formula is C14H18BrNO3. The van der Waals surface area contributed by atoms with E-state index in [1.807, 2.05) is 12.1 Å². The predicted molar refractivity (Wildman–Crippen MR) is 76.0 cm³/mol. The van der Waals surface area contributed by atoms with Gasteiger partial charge in [0.05, 0.1) is 6.61 Å². The first-order valence-corrected chi connectivity index (χ1v) is 7.17. The average molecular weight is 328 g/mol. The molecule has 0 spiro atoms. The van der Waals surface area contributed by atoms with Gasteiger partial charge in [-0.2, -0.15) is 0 Å². The van der Waals surface area contributed by atoms with Gasteiger partial charge in [0.25, 0.3) is 5.91 Å². The molecule has 1 amide bonds. The van der Waals surface area contributed by atoms with Crippen LogP contribution >= 0.6 is 15.9 Å². The molecule has 1 saturated heterocycles. The maximum atomic E-state index is 12.0. The largest absolute Gasteiger partial charge is 0.396 e. The molecule has 19 heavy (non-hydrogen) atoms. The van der Waals surface area contributed by atoms with Crippen molar-refractivity contribution >= 4 is 21.8 Å². The van der Waals surface area contributed by atoms with Gasteiger partial charge in [-0.3, -0.25) is 4.79 Å². The summed E-state index contributed by atoms with van der Waals surface area (Å²) in [7, 11) is 0. The zero-order valence-electron chi connectivity index (χ0n) is 10.7. The molecule has 1 aromatic carbocycles. The summed E-state index contributed by atoms with van der Waals surface area (Å²) in [6.45, 7) is 1.86. The average Bonchev–Trinajstić information content (AvgIpc) is 2.46. The molecule has 5 heteroatoms. The van der Waals surface area contributed by atoms with Gasteiger partial charge in [-0.15, -0.1) is 0 Å². The van der Waals surface area contributed by atoms with Gasteiger partial charge in [0.2, 0.25) is 0 Å². The Labute approximate surface area is 121 Å². The minimum atomic E-state index is -0.233. The Morgan fingerprint density at radius 1 is 1.32 bits per heavy atom. The molecule has 4 nitrogen and oxygen atoms in total. The highest BCUT2D eigenvalue weighted by Crippen LogP contribution is 2.29. The molecule has 1 heterocycles. The smallest absolute Gasteiger partial charge is 0.251 e. The van der Waals surface area contributed by atoms with E-state index in [0.29, 0.717) is 25.3 Å². The number of amides is 1. The Bertz CT molecular complexity index is 427. The Balaban J connectivity index is 1.93. The summed E-state index contributed by atoms with van der Waals surface area (Å²) in [5, 5.41) is 12.5. The van der Waals surface area contributed by atoms with Gasteiger partial charge in [-0.1, -0.05) is 15.9 Å². The predicted octanol–water partition coefficient (Wildman–Crippen LogP) is 1.97. The molecule has 0 unspecified atom stereocenters. The van der Waals surface area contributed by atoms with E-state index in [-0.39, 0.29) is 17.9 Å². The zero-order valence-corrected chi connectivity index (χ0v) is 12.3. The number of hydrogen-bond donors (Lipinski definition) is 2. The normalized spacial score (nSPS) is 18.0. The molecule has 0 atom stereocenters. The van der Waals surface area contributed by atoms with E-state index in [1.165, 1.54) is 0 Å². The van der Waals surface area contributed by atoms with Gasteiger partial charge in [0.1, 0.15) is 0 Å². The quantitative estimate of drug-likeness (QED) is 0.888. The van der Waals surface area contributed by atoms with Crippen molar-refractivity contribution in [2.24, 2.45) is 5.41 Å². The lowest BCUT2D eigenvalue weighted by molar-refractivity contribution is -0.0146. The molecule has 1 aliphatic rings. The van der Waals surface area contributed by atoms with Crippen molar-refractivity contribution in [2.45, 2.75) is 12.8 Å². The number of carbonyl (C=O) groups excluding carboxylic acids is 1. The van der Waals surface area contributed by atoms with Crippen LogP contribution in [0.25, 0.3) is 0 Å². The van der Waals surface area contributed by atoms with Gasteiger partial charge in [-0.05, 0) is 37.1 Å². The van der Waals surface area contributed by atoms with Crippen molar-refractivity contribution in [1.29, 1.82) is 0 Å². The van der Waals surface area contributed by atoms with Crippen LogP contribution in [0.15, 0.2) is 28.7 Å². The van der Waals surface area contributed by atoms with E-state index in [1.54, 1.807) is 12.1 Å². The highest BCUT2D eigenvalue weighted by Gasteiger charge is 2.32. The van der Waals surface area contributed by atoms with Gasteiger partial charge in [0, 0.05) is 35.2 Å². The number of ether oxygens (including phenoxy) is 1. The van der Waals surface area contributed by atoms with E-state index in [0.717, 1.165) is 17.3 Å². The van der Waals surface area contributed by atoms with Crippen molar-refractivity contribution in [3.8, 4) is 0 Å². The van der Waals surface area contributed by atoms with E-state index in [4.69, 9.17) is 4.74 Å². The van der Waals surface area contributed by atoms with Crippen LogP contribution in [0.4, 0.5) is 0 Å². The number of benzene rings is 1. The molecule has 0 aliphatic carbocycles. The second kappa shape index (κ2) is 6.50. The zero-order chi connectivity index (χ0) is 13.7. The van der Waals surface area contributed by atoms with E-state index in [2.05, 4.69) is 21.2 Å². The van der Waals surface area contributed by atoms with Gasteiger partial charge in [-0.25, -0.2) is 0 Å². The number of rotatable bonds is 4. The van der Waals surface area contributed by atoms with Crippen LogP contribution in [0.3, 0.4) is 0 Å². The molecule has 2 rings (SSSR count). The number of nitrogens with one attached hydrogen (secondary N) is 1. The third-order valence-electron chi connectivity index (χ3n) is 3.62. The van der Waals surface area contributed by atoms with E-state index >= 15 is 0 Å². The topological polar surface area (TPSA) is 58.6 Å². The third kappa shape index (κ3) is 3.78. The van der Waals surface area contributed by atoms with E-state index < -0.39 is 0 Å². The highest BCUT2D eigenvalue weighted by atomic mass is 79.9. The molecule has 2 N–H and O–H groups in total. The number of aliphatic hydroxyl groups excluding tert-OH is 1. The van der Waals surface area contributed by atoms with Crippen LogP contribution in [-0.4, -0.2) is 37.4 Å². The maximum Gasteiger partial charge on any atom is 0.251 e. The summed E-state index contributed by atoms with van der Waals surface area (Å²) in [5.41, 5.74) is 0.395. The van der Waals surface area contributed by atoms with Crippen LogP contribution in [0.5, 0.6) is 0 Å². The first-order valence-electron chi connectivity index (χ1n) is 6.38. The molecule has 1 aromatic rings. The molecule has 1 aliphatic heterocycles. The molecule has 0 aromatic heterocycles. The van der Waals surface area contributed by atoms with E-state index in [9.17, 15) is 9.90 Å². The Kier molecular flexibility index (Phi) is 4.96. The first kappa shape index (κ1) is 14.5. The minimum Gasteiger partial charge on any atom is -0.396 e. The Morgan fingerprint density at radius 2 is 1.95 bits per heavy atom. The molecule has 0 bridgehead atoms. The third-order valence-corrected chi connectivity index (χ3v) is 4.15. The molecule has 1 fully saturated rings. The van der Waals surface area contributed by atoms with Crippen LogP contribution < -0.4 is 5.32 Å². The minimum absolute atomic E-state index is 0.0803. The van der Waals surface area contributed by atoms with Crippen molar-refractivity contribution in [3.63, 3.8) is 0 Å². The highest BCUT2D eigenvalue weighted by molar-refractivity contribution is 9.10. The summed E-state index contributed by atoms with van der Waals surface area (Å²) in [6, 6.07) is 7.22. The summed E-state index contributed by atoms with van der Waals surface area (Å²) >= 11 is 3.34. The molecule has 0 saturated carbocycles. The van der Waals surface area contributed by atoms with Crippen molar-refractivity contribution < 1.29 is 14.6 Å². The van der Waals surface area contributed by atoms with Crippen LogP contribution in [0, 0.1) is 5.41 Å². The Hall–Kier alpha value is -0.910. The van der Waals surface area contributed by atoms with Gasteiger partial charge >= 0.3 is 0 Å². The number of hydrogen-bond acceptors (Lipinski definition) is 3. The van der Waals surface area contributed by atoms with Crippen molar-refractivity contribution in [1.82, 2.24) is 5.32 Å². The number of halogens is 1. The fourth-order valence-corrected chi connectivity index (χ4v) is 2.43. The summed E-state index contributed by atoms with van der Waals surface area (Å²) in [6.07, 6.45) is 1.56. The van der Waals surface area contributed by atoms with Gasteiger partial charge < -0.3 is 15.2 Å². The SMILES string of the molecule is O=C(NCC1(CO)CCOCC1)c1ccc(Br)cc1. The molecule has 104 valence electrons. The second-order valence-electron chi connectivity index (χ2n) is 4.96. The lowest BCUT2D eigenvalue weighted by atomic mass is 9.81. The van der Waals surface area contributed by atoms with Gasteiger partial charge in [0.15, 0.2) is 0 Å². The standard InChI is InChI=1S/C14H18BrNO3/c15-12-3-1-11(2-4-12)13(18)16-9-14(10-17)5-7-19-8-6-14/h1-4,17H,5-10H2,(H,16,18). The molecular weight excluding hydrogens is 310 g/mol. The molecule has 0 radical (unpaired) electrons. The van der Waals surface area contributed by atoms with Crippen molar-refractivity contribution in [2.75, 3.05) is 26.4 Å². The number of aliphatic hydroxyl groups is 1. The Morgan fingerprint density at radius 3 is 2.53 bits per heavy atom. The second-order valence-corrected chi connectivity index (χ2v) is 5.88.